The van der Waals surface area contributed by atoms with Gasteiger partial charge in [-0.05, 0) is 27.2 Å². The highest BCUT2D eigenvalue weighted by atomic mass is 16.7. The number of hydrogen-bond acceptors (Lipinski definition) is 4. The summed E-state index contributed by atoms with van der Waals surface area (Å²) in [6, 6.07) is 0. The molecule has 4 nitrogen and oxygen atoms in total. The molecule has 0 bridgehead atoms. The molecule has 0 atom stereocenters. The second kappa shape index (κ2) is 10.3. The van der Waals surface area contributed by atoms with Crippen molar-refractivity contribution in [1.82, 2.24) is 0 Å². The third kappa shape index (κ3) is 6.97. The molecule has 0 aliphatic heterocycles. The maximum absolute atomic E-state index is 11.4. The second-order valence-corrected chi connectivity index (χ2v) is 4.19. The molecule has 0 fully saturated rings. The minimum atomic E-state index is -0.619. The number of carbonyl (C=O) groups excluding carboxylic acids is 1. The van der Waals surface area contributed by atoms with E-state index in [4.69, 9.17) is 14.2 Å². The van der Waals surface area contributed by atoms with Crippen molar-refractivity contribution in [3.63, 3.8) is 0 Å². The van der Waals surface area contributed by atoms with E-state index >= 15 is 0 Å². The molecule has 0 aliphatic rings. The van der Waals surface area contributed by atoms with Crippen molar-refractivity contribution in [2.75, 3.05) is 19.8 Å². The normalized spacial score (nSPS) is 11.6. The van der Waals surface area contributed by atoms with Gasteiger partial charge in [-0.1, -0.05) is 13.3 Å². The third-order valence-corrected chi connectivity index (χ3v) is 2.74. The van der Waals surface area contributed by atoms with Crippen LogP contribution in [-0.4, -0.2) is 31.6 Å². The van der Waals surface area contributed by atoms with Crippen molar-refractivity contribution < 1.29 is 19.0 Å². The molecule has 0 amide bonds. The van der Waals surface area contributed by atoms with Crippen LogP contribution in [0.4, 0.5) is 0 Å². The van der Waals surface area contributed by atoms with Crippen LogP contribution in [0.25, 0.3) is 0 Å². The average Bonchev–Trinajstić information content (AvgIpc) is 2.35. The molecule has 0 radical (unpaired) electrons. The van der Waals surface area contributed by atoms with E-state index in [9.17, 15) is 4.79 Å². The summed E-state index contributed by atoms with van der Waals surface area (Å²) in [6.45, 7) is 9.44. The predicted octanol–water partition coefficient (Wildman–Crippen LogP) is 3.29. The van der Waals surface area contributed by atoms with E-state index in [0.717, 1.165) is 19.3 Å². The number of ether oxygens (including phenoxy) is 3. The van der Waals surface area contributed by atoms with Gasteiger partial charge in [0.15, 0.2) is 5.79 Å². The van der Waals surface area contributed by atoms with Gasteiger partial charge in [0, 0.05) is 26.1 Å². The Morgan fingerprint density at radius 1 is 0.944 bits per heavy atom. The fourth-order valence-corrected chi connectivity index (χ4v) is 1.95. The van der Waals surface area contributed by atoms with Crippen molar-refractivity contribution in [3.05, 3.63) is 0 Å². The Morgan fingerprint density at radius 3 is 2.00 bits per heavy atom. The van der Waals surface area contributed by atoms with E-state index in [1.807, 2.05) is 20.8 Å². The van der Waals surface area contributed by atoms with Crippen LogP contribution in [0.3, 0.4) is 0 Å². The van der Waals surface area contributed by atoms with Crippen molar-refractivity contribution >= 4 is 5.97 Å². The average molecular weight is 260 g/mol. The predicted molar refractivity (Wildman–Crippen MR) is 71.4 cm³/mol. The number of hydrogen-bond donors (Lipinski definition) is 0. The zero-order chi connectivity index (χ0) is 13.9. The molecule has 0 rings (SSSR count). The lowest BCUT2D eigenvalue weighted by molar-refractivity contribution is -0.242. The SMILES string of the molecule is CCCCC(CCC(=O)OCC)(OCC)OCC. The van der Waals surface area contributed by atoms with E-state index in [-0.39, 0.29) is 5.97 Å². The molecule has 4 heteroatoms. The number of esters is 1. The molecule has 0 saturated heterocycles. The van der Waals surface area contributed by atoms with Crippen LogP contribution in [0.1, 0.15) is 59.8 Å². The van der Waals surface area contributed by atoms with Crippen molar-refractivity contribution in [3.8, 4) is 0 Å². The largest absolute Gasteiger partial charge is 0.466 e. The van der Waals surface area contributed by atoms with Gasteiger partial charge in [-0.3, -0.25) is 4.79 Å². The highest BCUT2D eigenvalue weighted by Gasteiger charge is 2.31. The van der Waals surface area contributed by atoms with Crippen LogP contribution in [0, 0.1) is 0 Å². The van der Waals surface area contributed by atoms with Gasteiger partial charge < -0.3 is 14.2 Å². The van der Waals surface area contributed by atoms with Crippen LogP contribution in [0.2, 0.25) is 0 Å². The first-order valence-electron chi connectivity index (χ1n) is 7.07. The summed E-state index contributed by atoms with van der Waals surface area (Å²) in [5, 5.41) is 0. The Hall–Kier alpha value is -0.610. The number of rotatable bonds is 11. The van der Waals surface area contributed by atoms with Crippen LogP contribution in [0.5, 0.6) is 0 Å². The van der Waals surface area contributed by atoms with Crippen LogP contribution in [0.15, 0.2) is 0 Å². The van der Waals surface area contributed by atoms with Crippen LogP contribution < -0.4 is 0 Å². The van der Waals surface area contributed by atoms with Gasteiger partial charge in [0.25, 0.3) is 0 Å². The summed E-state index contributed by atoms with van der Waals surface area (Å²) in [5.41, 5.74) is 0. The van der Waals surface area contributed by atoms with Crippen LogP contribution >= 0.6 is 0 Å². The summed E-state index contributed by atoms with van der Waals surface area (Å²) in [7, 11) is 0. The summed E-state index contributed by atoms with van der Waals surface area (Å²) in [4.78, 5) is 11.4. The van der Waals surface area contributed by atoms with Gasteiger partial charge in [0.05, 0.1) is 13.0 Å². The Morgan fingerprint density at radius 2 is 1.56 bits per heavy atom. The molecule has 0 N–H and O–H groups in total. The van der Waals surface area contributed by atoms with E-state index in [1.54, 1.807) is 0 Å². The topological polar surface area (TPSA) is 44.8 Å². The van der Waals surface area contributed by atoms with E-state index < -0.39 is 5.79 Å². The van der Waals surface area contributed by atoms with Gasteiger partial charge in [-0.25, -0.2) is 0 Å². The summed E-state index contributed by atoms with van der Waals surface area (Å²) >= 11 is 0. The first-order chi connectivity index (χ1) is 8.64. The first kappa shape index (κ1) is 17.4. The minimum absolute atomic E-state index is 0.183. The lowest BCUT2D eigenvalue weighted by Crippen LogP contribution is -2.37. The molecular formula is C14H28O4. The molecule has 0 unspecified atom stereocenters. The molecule has 18 heavy (non-hydrogen) atoms. The number of carbonyl (C=O) groups is 1. The monoisotopic (exact) mass is 260 g/mol. The molecule has 0 heterocycles. The summed E-state index contributed by atoms with van der Waals surface area (Å²) in [6.07, 6.45) is 3.85. The molecule has 0 aliphatic carbocycles. The maximum atomic E-state index is 11.4. The zero-order valence-corrected chi connectivity index (χ0v) is 12.3. The van der Waals surface area contributed by atoms with Gasteiger partial charge >= 0.3 is 5.97 Å². The molecule has 108 valence electrons. The molecule has 0 spiro atoms. The fourth-order valence-electron chi connectivity index (χ4n) is 1.95. The number of unbranched alkanes of at least 4 members (excludes halogenated alkanes) is 1. The molecule has 0 saturated carbocycles. The zero-order valence-electron chi connectivity index (χ0n) is 12.3. The molecule has 0 aromatic heterocycles. The van der Waals surface area contributed by atoms with Crippen molar-refractivity contribution in [2.45, 2.75) is 65.6 Å². The quantitative estimate of drug-likeness (QED) is 0.422. The van der Waals surface area contributed by atoms with Gasteiger partial charge in [-0.2, -0.15) is 0 Å². The van der Waals surface area contributed by atoms with E-state index in [0.29, 0.717) is 32.7 Å². The Kier molecular flexibility index (Phi) is 9.98. The highest BCUT2D eigenvalue weighted by molar-refractivity contribution is 5.69. The minimum Gasteiger partial charge on any atom is -0.466 e. The standard InChI is InChI=1S/C14H28O4/c1-5-9-11-14(17-7-3,18-8-4)12-10-13(15)16-6-2/h5-12H2,1-4H3. The Bertz CT molecular complexity index is 210. The lowest BCUT2D eigenvalue weighted by Gasteiger charge is -2.33. The fraction of sp³-hybridized carbons (Fsp3) is 0.929. The van der Waals surface area contributed by atoms with E-state index in [2.05, 4.69) is 6.92 Å². The Balaban J connectivity index is 4.44. The molecular weight excluding hydrogens is 232 g/mol. The smallest absolute Gasteiger partial charge is 0.305 e. The maximum Gasteiger partial charge on any atom is 0.305 e. The summed E-state index contributed by atoms with van der Waals surface area (Å²) < 4.78 is 16.5. The van der Waals surface area contributed by atoms with Gasteiger partial charge in [-0.15, -0.1) is 0 Å². The van der Waals surface area contributed by atoms with Gasteiger partial charge in [0.1, 0.15) is 0 Å². The Labute approximate surface area is 111 Å². The van der Waals surface area contributed by atoms with Crippen LogP contribution in [-0.2, 0) is 19.0 Å². The molecule has 0 aromatic rings. The highest BCUT2D eigenvalue weighted by Crippen LogP contribution is 2.27. The molecule has 0 aromatic carbocycles. The second-order valence-electron chi connectivity index (χ2n) is 4.19. The lowest BCUT2D eigenvalue weighted by atomic mass is 10.0. The van der Waals surface area contributed by atoms with Gasteiger partial charge in [0.2, 0.25) is 0 Å². The van der Waals surface area contributed by atoms with Crippen molar-refractivity contribution in [2.24, 2.45) is 0 Å². The van der Waals surface area contributed by atoms with E-state index in [1.165, 1.54) is 0 Å². The first-order valence-corrected chi connectivity index (χ1v) is 7.07. The van der Waals surface area contributed by atoms with Crippen molar-refractivity contribution in [1.29, 1.82) is 0 Å². The third-order valence-electron chi connectivity index (χ3n) is 2.74. The summed E-state index contributed by atoms with van der Waals surface area (Å²) in [5.74, 6) is -0.801.